The summed E-state index contributed by atoms with van der Waals surface area (Å²) in [4.78, 5) is 2.30. The topological polar surface area (TPSA) is 52.9 Å². The molecule has 3 unspecified atom stereocenters. The lowest BCUT2D eigenvalue weighted by molar-refractivity contribution is -0.0845. The van der Waals surface area contributed by atoms with Crippen LogP contribution in [0.5, 0.6) is 0 Å². The highest BCUT2D eigenvalue weighted by Crippen LogP contribution is 2.26. The van der Waals surface area contributed by atoms with E-state index in [0.29, 0.717) is 19.2 Å². The number of hydrogen-bond acceptors (Lipinski definition) is 4. The monoisotopic (exact) mass is 279 g/mol. The number of aliphatic hydroxyl groups excluding tert-OH is 2. The lowest BCUT2D eigenvalue weighted by Crippen LogP contribution is -2.54. The first-order valence-corrected chi connectivity index (χ1v) is 7.22. The van der Waals surface area contributed by atoms with Gasteiger partial charge in [-0.25, -0.2) is 0 Å². The van der Waals surface area contributed by atoms with Gasteiger partial charge in [0.1, 0.15) is 0 Å². The Balaban J connectivity index is 2.12. The molecule has 2 N–H and O–H groups in total. The summed E-state index contributed by atoms with van der Waals surface area (Å²) >= 11 is 0. The van der Waals surface area contributed by atoms with Crippen LogP contribution in [0.15, 0.2) is 30.3 Å². The Hall–Kier alpha value is -0.940. The zero-order chi connectivity index (χ0) is 14.6. The third-order valence-corrected chi connectivity index (χ3v) is 4.21. The van der Waals surface area contributed by atoms with Gasteiger partial charge in [0.2, 0.25) is 0 Å². The van der Waals surface area contributed by atoms with Gasteiger partial charge in [-0.2, -0.15) is 0 Å². The second-order valence-electron chi connectivity index (χ2n) is 6.00. The number of ether oxygens (including phenoxy) is 1. The van der Waals surface area contributed by atoms with Crippen molar-refractivity contribution in [2.45, 2.75) is 31.4 Å². The van der Waals surface area contributed by atoms with Crippen LogP contribution in [0.3, 0.4) is 0 Å². The molecule has 112 valence electrons. The molecule has 1 aromatic carbocycles. The maximum Gasteiger partial charge on any atom is 0.0933 e. The molecule has 1 fully saturated rings. The van der Waals surface area contributed by atoms with Crippen LogP contribution in [0, 0.1) is 0 Å². The largest absolute Gasteiger partial charge is 0.395 e. The van der Waals surface area contributed by atoms with Crippen LogP contribution in [-0.2, 0) is 10.2 Å². The molecule has 1 aliphatic rings. The molecule has 0 radical (unpaired) electrons. The minimum Gasteiger partial charge on any atom is -0.395 e. The molecule has 4 nitrogen and oxygen atoms in total. The average Bonchev–Trinajstić information content (AvgIpc) is 2.50. The van der Waals surface area contributed by atoms with Crippen molar-refractivity contribution in [3.8, 4) is 0 Å². The molecule has 0 saturated carbocycles. The molecule has 2 rings (SSSR count). The van der Waals surface area contributed by atoms with E-state index in [0.717, 1.165) is 12.1 Å². The van der Waals surface area contributed by atoms with Crippen LogP contribution in [0.1, 0.15) is 19.4 Å². The van der Waals surface area contributed by atoms with Crippen LogP contribution in [-0.4, -0.2) is 60.2 Å². The summed E-state index contributed by atoms with van der Waals surface area (Å²) in [5, 5.41) is 19.1. The summed E-state index contributed by atoms with van der Waals surface area (Å²) in [7, 11) is 0. The van der Waals surface area contributed by atoms with Crippen molar-refractivity contribution in [1.29, 1.82) is 0 Å². The Bertz CT molecular complexity index is 411. The van der Waals surface area contributed by atoms with Crippen LogP contribution in [0.4, 0.5) is 0 Å². The molecule has 1 saturated heterocycles. The van der Waals surface area contributed by atoms with Gasteiger partial charge in [0.25, 0.3) is 0 Å². The molecule has 0 bridgehead atoms. The number of nitrogens with zero attached hydrogens (tertiary/aromatic N) is 1. The summed E-state index contributed by atoms with van der Waals surface area (Å²) in [5.41, 5.74) is 0.842. The Kier molecular flexibility index (Phi) is 5.16. The molecule has 4 heteroatoms. The Morgan fingerprint density at radius 3 is 2.60 bits per heavy atom. The van der Waals surface area contributed by atoms with Gasteiger partial charge in [-0.05, 0) is 12.5 Å². The number of aliphatic hydroxyl groups is 2. The Morgan fingerprint density at radius 2 is 2.00 bits per heavy atom. The zero-order valence-electron chi connectivity index (χ0n) is 12.3. The number of rotatable bonds is 5. The third kappa shape index (κ3) is 3.38. The summed E-state index contributed by atoms with van der Waals surface area (Å²) in [6, 6.07) is 10.4. The molecule has 20 heavy (non-hydrogen) atoms. The van der Waals surface area contributed by atoms with E-state index in [1.54, 1.807) is 0 Å². The van der Waals surface area contributed by atoms with Crippen LogP contribution < -0.4 is 0 Å². The minimum absolute atomic E-state index is 0.0460. The van der Waals surface area contributed by atoms with Crippen molar-refractivity contribution in [2.75, 3.05) is 32.9 Å². The molecule has 0 amide bonds. The summed E-state index contributed by atoms with van der Waals surface area (Å²) in [5.74, 6) is 0. The van der Waals surface area contributed by atoms with Gasteiger partial charge in [0.15, 0.2) is 0 Å². The average molecular weight is 279 g/mol. The quantitative estimate of drug-likeness (QED) is 0.845. The van der Waals surface area contributed by atoms with Crippen LogP contribution in [0.2, 0.25) is 0 Å². The van der Waals surface area contributed by atoms with E-state index in [-0.39, 0.29) is 24.7 Å². The summed E-state index contributed by atoms with van der Waals surface area (Å²) in [6.07, 6.45) is -0.120. The van der Waals surface area contributed by atoms with E-state index < -0.39 is 0 Å². The van der Waals surface area contributed by atoms with Gasteiger partial charge in [-0.15, -0.1) is 0 Å². The second kappa shape index (κ2) is 6.68. The number of hydrogen-bond donors (Lipinski definition) is 2. The van der Waals surface area contributed by atoms with Crippen molar-refractivity contribution in [2.24, 2.45) is 0 Å². The van der Waals surface area contributed by atoms with Crippen molar-refractivity contribution in [3.05, 3.63) is 35.9 Å². The fourth-order valence-corrected chi connectivity index (χ4v) is 2.73. The second-order valence-corrected chi connectivity index (χ2v) is 6.00. The zero-order valence-corrected chi connectivity index (χ0v) is 12.3. The highest BCUT2D eigenvalue weighted by molar-refractivity contribution is 5.25. The van der Waals surface area contributed by atoms with Crippen molar-refractivity contribution >= 4 is 0 Å². The molecule has 0 spiro atoms. The van der Waals surface area contributed by atoms with Gasteiger partial charge < -0.3 is 14.9 Å². The number of benzene rings is 1. The first-order valence-electron chi connectivity index (χ1n) is 7.22. The fourth-order valence-electron chi connectivity index (χ4n) is 2.73. The predicted molar refractivity (Wildman–Crippen MR) is 78.7 cm³/mol. The number of morpholine rings is 1. The summed E-state index contributed by atoms with van der Waals surface area (Å²) < 4.78 is 5.57. The van der Waals surface area contributed by atoms with Crippen molar-refractivity contribution in [3.63, 3.8) is 0 Å². The van der Waals surface area contributed by atoms with E-state index in [2.05, 4.69) is 30.9 Å². The first-order chi connectivity index (χ1) is 9.59. The van der Waals surface area contributed by atoms with E-state index in [1.165, 1.54) is 0 Å². The van der Waals surface area contributed by atoms with Crippen molar-refractivity contribution < 1.29 is 14.9 Å². The molecular formula is C16H25NO3. The molecule has 0 aliphatic carbocycles. The standard InChI is InChI=1S/C16H25NO3/c1-13-10-20-15(9-18)8-17(13)11-16(2,12-19)14-6-4-3-5-7-14/h3-7,13,15,18-19H,8-12H2,1-2H3. The molecular weight excluding hydrogens is 254 g/mol. The molecule has 3 atom stereocenters. The van der Waals surface area contributed by atoms with Crippen LogP contribution >= 0.6 is 0 Å². The van der Waals surface area contributed by atoms with Gasteiger partial charge in [0.05, 0.1) is 25.9 Å². The van der Waals surface area contributed by atoms with Gasteiger partial charge in [0, 0.05) is 24.5 Å². The smallest absolute Gasteiger partial charge is 0.0933 e. The van der Waals surface area contributed by atoms with Gasteiger partial charge in [-0.3, -0.25) is 4.90 Å². The van der Waals surface area contributed by atoms with E-state index >= 15 is 0 Å². The molecule has 0 aromatic heterocycles. The lowest BCUT2D eigenvalue weighted by atomic mass is 9.82. The SMILES string of the molecule is CC1COC(CO)CN1CC(C)(CO)c1ccccc1. The van der Waals surface area contributed by atoms with Crippen LogP contribution in [0.25, 0.3) is 0 Å². The van der Waals surface area contributed by atoms with Gasteiger partial charge >= 0.3 is 0 Å². The van der Waals surface area contributed by atoms with E-state index in [9.17, 15) is 10.2 Å². The maximum atomic E-state index is 9.87. The lowest BCUT2D eigenvalue weighted by Gasteiger charge is -2.42. The molecule has 1 heterocycles. The van der Waals surface area contributed by atoms with E-state index in [1.807, 2.05) is 18.2 Å². The van der Waals surface area contributed by atoms with E-state index in [4.69, 9.17) is 4.74 Å². The molecule has 1 aromatic rings. The molecule has 1 aliphatic heterocycles. The Labute approximate surface area is 121 Å². The van der Waals surface area contributed by atoms with Crippen molar-refractivity contribution in [1.82, 2.24) is 4.90 Å². The fraction of sp³-hybridized carbons (Fsp3) is 0.625. The normalized spacial score (nSPS) is 27.2. The first kappa shape index (κ1) is 15.4. The van der Waals surface area contributed by atoms with Gasteiger partial charge in [-0.1, -0.05) is 37.3 Å². The minimum atomic E-state index is -0.299. The summed E-state index contributed by atoms with van der Waals surface area (Å²) in [6.45, 7) is 6.44. The predicted octanol–water partition coefficient (Wildman–Crippen LogP) is 1.02. The highest BCUT2D eigenvalue weighted by Gasteiger charge is 2.33. The maximum absolute atomic E-state index is 9.87. The highest BCUT2D eigenvalue weighted by atomic mass is 16.5. The Morgan fingerprint density at radius 1 is 1.30 bits per heavy atom. The third-order valence-electron chi connectivity index (χ3n) is 4.21.